The van der Waals surface area contributed by atoms with Crippen LogP contribution in [0, 0.1) is 27.7 Å². The van der Waals surface area contributed by atoms with Gasteiger partial charge in [-0.15, -0.1) is 0 Å². The van der Waals surface area contributed by atoms with Crippen LogP contribution in [-0.4, -0.2) is 136 Å². The van der Waals surface area contributed by atoms with Crippen molar-refractivity contribution in [2.24, 2.45) is 0 Å². The minimum atomic E-state index is -0.576. The monoisotopic (exact) mass is 1970 g/mol. The fourth-order valence-electron chi connectivity index (χ4n) is 17.5. The van der Waals surface area contributed by atoms with E-state index in [9.17, 15) is 52.7 Å². The number of aryl methyl sites for hydroxylation is 4. The highest BCUT2D eigenvalue weighted by Gasteiger charge is 2.34. The van der Waals surface area contributed by atoms with E-state index >= 15 is 0 Å². The third-order valence-electron chi connectivity index (χ3n) is 25.6. The molecule has 27 nitrogen and oxygen atoms in total. The van der Waals surface area contributed by atoms with Crippen molar-refractivity contribution in [3.05, 3.63) is 482 Å². The SMILES string of the molecule is C=CC(=O)N1CCCC1c1ccc(C(=O)Cc2ccc(C)c(Cc3nccc(-c4cccnc4)n3)c2)cc1.CC1=CC(=O)N(c2ccc(C(=O)Cc3ccc(C)c(Cc4nccc(-c5cccnc5)n4)c3)cc2)C1=O.Cc1ccc(CC(=O)c2ccc(N3C(=O)C=C(Cl)C3=O)cc2)cc1Cc1nccc(-c2cccnc2)n1.Cc1ccc(CC(=O)c2ccc(N3C(=O)C=CC3=O)cc2)cc1Cc1nccc(-c2cccnc2)n1. The molecule has 7 amide bonds. The number of nitrogens with zero attached hydrogens (tertiary/aromatic N) is 16. The maximum atomic E-state index is 13.1. The molecule has 1 atom stereocenters. The van der Waals surface area contributed by atoms with Gasteiger partial charge in [-0.1, -0.05) is 115 Å². The predicted octanol–water partition coefficient (Wildman–Crippen LogP) is 19.5. The van der Waals surface area contributed by atoms with Gasteiger partial charge in [0.2, 0.25) is 5.91 Å². The average Bonchev–Trinajstić information content (AvgIpc) is 1.73. The van der Waals surface area contributed by atoms with Gasteiger partial charge >= 0.3 is 0 Å². The first-order valence-corrected chi connectivity index (χ1v) is 48.2. The van der Waals surface area contributed by atoms with Gasteiger partial charge in [0, 0.05) is 207 Å². The highest BCUT2D eigenvalue weighted by molar-refractivity contribution is 6.51. The van der Waals surface area contributed by atoms with E-state index in [0.29, 0.717) is 94.5 Å². The van der Waals surface area contributed by atoms with Crippen LogP contribution in [0.25, 0.3) is 45.0 Å². The van der Waals surface area contributed by atoms with Gasteiger partial charge in [0.1, 0.15) is 28.3 Å². The molecule has 730 valence electrons. The Hall–Kier alpha value is -18.5. The molecular formula is C120H97ClN16O11. The van der Waals surface area contributed by atoms with Crippen LogP contribution in [0.2, 0.25) is 0 Å². The van der Waals surface area contributed by atoms with E-state index in [4.69, 9.17) is 31.5 Å². The van der Waals surface area contributed by atoms with Crippen molar-refractivity contribution < 1.29 is 52.7 Å². The lowest BCUT2D eigenvalue weighted by molar-refractivity contribution is -0.127. The molecule has 28 heteroatoms. The van der Waals surface area contributed by atoms with Gasteiger partial charge in [0.05, 0.1) is 45.9 Å². The number of hydrogen-bond donors (Lipinski definition) is 0. The molecule has 1 saturated heterocycles. The predicted molar refractivity (Wildman–Crippen MR) is 563 cm³/mol. The molecule has 0 saturated carbocycles. The van der Waals surface area contributed by atoms with Crippen LogP contribution in [0.1, 0.15) is 163 Å². The Morgan fingerprint density at radius 1 is 0.351 bits per heavy atom. The second kappa shape index (κ2) is 46.7. The van der Waals surface area contributed by atoms with Crippen LogP contribution < -0.4 is 14.7 Å². The van der Waals surface area contributed by atoms with E-state index in [1.807, 2.05) is 183 Å². The minimum Gasteiger partial charge on any atom is -0.332 e. The van der Waals surface area contributed by atoms with Crippen LogP contribution in [0.15, 0.2) is 365 Å². The summed E-state index contributed by atoms with van der Waals surface area (Å²) in [6, 6.07) is 74.0. The van der Waals surface area contributed by atoms with Gasteiger partial charge in [0.15, 0.2) is 23.1 Å². The standard InChI is InChI=1S/C32H30N4O2.C30H24N4O3.C29H21ClN4O3.C29H22N4O3/c1-3-32(38)36-17-5-7-29(36)24-10-12-25(13-11-24)30(37)19-23-9-8-22(2)27(18-23)20-31-34-16-14-28(35-31)26-6-4-15-33-21-26;1-19-5-6-21(15-24(19)17-28-32-13-11-26(33-28)23-4-3-12-31-18-23)16-27(35)22-7-9-25(10-8-22)34-29(36)14-20(2)30(34)37;1-18-4-5-19(13-22(18)15-27-32-12-10-25(33-27)21-3-2-11-31-17-21)14-26(35)20-6-8-23(9-7-20)34-28(36)16-24(30)29(34)37;1-19-4-5-20(15-23(19)17-27-31-14-12-25(32-27)22-3-2-13-30-18-22)16-26(34)21-6-8-24(9-7-21)33-28(35)10-11-29(33)36/h3-4,6,8-16,18,21,29H,1,5,7,17,19-20H2,2H3;3-15,18H,16-17H2,1-2H3;2-13,16-17H,14-15H2,1H3;2-15,18H,16-17H2,1H3. The summed E-state index contributed by atoms with van der Waals surface area (Å²) in [6.07, 6.45) is 32.3. The normalized spacial score (nSPS) is 13.5. The number of pyridine rings is 4. The Morgan fingerprint density at radius 3 is 0.939 bits per heavy atom. The molecule has 12 heterocycles. The zero-order valence-corrected chi connectivity index (χ0v) is 82.3. The molecule has 4 aliphatic heterocycles. The summed E-state index contributed by atoms with van der Waals surface area (Å²) in [6.45, 7) is 14.1. The number of halogens is 1. The lowest BCUT2D eigenvalue weighted by atomic mass is 9.96. The van der Waals surface area contributed by atoms with Gasteiger partial charge < -0.3 is 4.90 Å². The second-order valence-corrected chi connectivity index (χ2v) is 36.2. The lowest BCUT2D eigenvalue weighted by Gasteiger charge is -2.23. The molecule has 0 spiro atoms. The number of carbonyl (C=O) groups is 11. The topological polar surface area (TPSA) is 355 Å². The zero-order valence-electron chi connectivity index (χ0n) is 81.5. The number of likely N-dealkylation sites (tertiary alicyclic amines) is 1. The molecule has 1 fully saturated rings. The van der Waals surface area contributed by atoms with Crippen LogP contribution >= 0.6 is 11.6 Å². The van der Waals surface area contributed by atoms with Crippen molar-refractivity contribution in [1.82, 2.24) is 64.7 Å². The third kappa shape index (κ3) is 24.9. The summed E-state index contributed by atoms with van der Waals surface area (Å²) in [5.41, 5.74) is 24.2. The molecule has 20 rings (SSSR count). The highest BCUT2D eigenvalue weighted by Crippen LogP contribution is 2.35. The number of anilines is 3. The van der Waals surface area contributed by atoms with Crippen molar-refractivity contribution in [3.63, 3.8) is 0 Å². The Morgan fingerprint density at radius 2 is 0.655 bits per heavy atom. The zero-order chi connectivity index (χ0) is 103. The number of benzene rings is 8. The number of amides is 7. The van der Waals surface area contributed by atoms with E-state index in [1.165, 1.54) is 24.3 Å². The van der Waals surface area contributed by atoms with Gasteiger partial charge in [-0.05, 0) is 271 Å². The van der Waals surface area contributed by atoms with Crippen LogP contribution in [-0.2, 0) is 84.9 Å². The summed E-state index contributed by atoms with van der Waals surface area (Å²) in [5.74, 6) is 0.0660. The van der Waals surface area contributed by atoms with Gasteiger partial charge in [-0.2, -0.15) is 0 Å². The summed E-state index contributed by atoms with van der Waals surface area (Å²) >= 11 is 5.77. The molecule has 16 aromatic rings. The van der Waals surface area contributed by atoms with Crippen LogP contribution in [0.3, 0.4) is 0 Å². The number of Topliss-reactive ketones (excluding diaryl/α,β-unsaturated/α-hetero) is 4. The fraction of sp³-hybridized carbons (Fsp3) is 0.142. The third-order valence-corrected chi connectivity index (χ3v) is 25.9. The first-order valence-electron chi connectivity index (χ1n) is 47.8. The van der Waals surface area contributed by atoms with Crippen molar-refractivity contribution in [3.8, 4) is 45.0 Å². The molecule has 0 radical (unpaired) electrons. The van der Waals surface area contributed by atoms with Gasteiger partial charge in [-0.3, -0.25) is 72.7 Å². The molecular weight excluding hydrogens is 1880 g/mol. The quantitative estimate of drug-likeness (QED) is 0.0239. The van der Waals surface area contributed by atoms with Gasteiger partial charge in [-0.25, -0.2) is 54.6 Å². The van der Waals surface area contributed by atoms with E-state index in [2.05, 4.69) is 65.5 Å². The van der Waals surface area contributed by atoms with Crippen LogP contribution in [0.4, 0.5) is 17.1 Å². The molecule has 0 N–H and O–H groups in total. The number of aromatic nitrogens is 12. The summed E-state index contributed by atoms with van der Waals surface area (Å²) < 4.78 is 0. The van der Waals surface area contributed by atoms with Crippen molar-refractivity contribution >= 4 is 93.1 Å². The average molecular weight is 1970 g/mol. The van der Waals surface area contributed by atoms with E-state index in [-0.39, 0.29) is 83.0 Å². The Labute approximate surface area is 858 Å². The maximum Gasteiger partial charge on any atom is 0.277 e. The second-order valence-electron chi connectivity index (χ2n) is 35.8. The Balaban J connectivity index is 0.000000135. The first kappa shape index (κ1) is 101. The lowest BCUT2D eigenvalue weighted by Crippen LogP contribution is -2.30. The molecule has 1 unspecified atom stereocenters. The molecule has 8 aromatic heterocycles. The minimum absolute atomic E-state index is 0.0444. The van der Waals surface area contributed by atoms with E-state index in [1.54, 1.807) is 154 Å². The van der Waals surface area contributed by atoms with E-state index in [0.717, 1.165) is 163 Å². The number of carbonyl (C=O) groups excluding carboxylic acids is 11. The highest BCUT2D eigenvalue weighted by atomic mass is 35.5. The van der Waals surface area contributed by atoms with E-state index < -0.39 is 11.8 Å². The molecule has 148 heavy (non-hydrogen) atoms. The molecule has 0 aliphatic carbocycles. The summed E-state index contributed by atoms with van der Waals surface area (Å²) in [4.78, 5) is 195. The number of ketones is 4. The molecule has 8 aromatic carbocycles. The fourth-order valence-corrected chi connectivity index (χ4v) is 17.7. The van der Waals surface area contributed by atoms with Crippen LogP contribution in [0.5, 0.6) is 0 Å². The summed E-state index contributed by atoms with van der Waals surface area (Å²) in [5, 5.41) is -0.130. The van der Waals surface area contributed by atoms with Crippen molar-refractivity contribution in [2.45, 2.75) is 105 Å². The largest absolute Gasteiger partial charge is 0.332 e. The smallest absolute Gasteiger partial charge is 0.277 e. The Kier molecular flexibility index (Phi) is 31.9. The number of rotatable bonds is 29. The molecule has 4 aliphatic rings. The maximum absolute atomic E-state index is 13.1. The molecule has 0 bridgehead atoms. The van der Waals surface area contributed by atoms with Crippen molar-refractivity contribution in [1.29, 1.82) is 0 Å². The number of hydrogen-bond acceptors (Lipinski definition) is 23. The summed E-state index contributed by atoms with van der Waals surface area (Å²) in [7, 11) is 0. The number of imide groups is 3. The van der Waals surface area contributed by atoms with Crippen molar-refractivity contribution in [2.75, 3.05) is 21.2 Å². The first-order chi connectivity index (χ1) is 71.8. The van der Waals surface area contributed by atoms with Gasteiger partial charge in [0.25, 0.3) is 35.4 Å². The Bertz CT molecular complexity index is 7660.